The minimum Gasteiger partial charge on any atom is -0.389 e. The zero-order valence-corrected chi connectivity index (χ0v) is 12.4. The normalized spacial score (nSPS) is 22.6. The maximum absolute atomic E-state index is 14.0. The third-order valence-electron chi connectivity index (χ3n) is 4.13. The Labute approximate surface area is 123 Å². The lowest BCUT2D eigenvalue weighted by Crippen LogP contribution is -2.26. The molecule has 1 aromatic carbocycles. The molecular formula is C15H20F2N2S. The first-order valence-corrected chi connectivity index (χ1v) is 7.48. The van der Waals surface area contributed by atoms with Gasteiger partial charge in [0.15, 0.2) is 11.6 Å². The van der Waals surface area contributed by atoms with E-state index >= 15 is 0 Å². The molecule has 0 atom stereocenters. The third kappa shape index (κ3) is 3.26. The first-order valence-electron chi connectivity index (χ1n) is 7.07. The Hall–Kier alpha value is -1.23. The minimum atomic E-state index is -0.968. The van der Waals surface area contributed by atoms with Crippen LogP contribution in [0.15, 0.2) is 12.1 Å². The number of halogens is 2. The summed E-state index contributed by atoms with van der Waals surface area (Å²) in [7, 11) is 0. The second-order valence-corrected chi connectivity index (χ2v) is 5.86. The van der Waals surface area contributed by atoms with E-state index in [4.69, 9.17) is 18.0 Å². The van der Waals surface area contributed by atoms with Gasteiger partial charge in [0, 0.05) is 11.6 Å². The Morgan fingerprint density at radius 2 is 1.90 bits per heavy atom. The fourth-order valence-electron chi connectivity index (χ4n) is 2.79. The summed E-state index contributed by atoms with van der Waals surface area (Å²) in [6.45, 7) is 2.20. The molecule has 0 bridgehead atoms. The molecule has 0 aliphatic heterocycles. The van der Waals surface area contributed by atoms with Gasteiger partial charge in [0.1, 0.15) is 4.99 Å². The zero-order chi connectivity index (χ0) is 14.7. The minimum absolute atomic E-state index is 0.0438. The molecule has 5 heteroatoms. The lowest BCUT2D eigenvalue weighted by Gasteiger charge is -2.29. The number of hydrogen-bond acceptors (Lipinski definition) is 2. The van der Waals surface area contributed by atoms with Crippen molar-refractivity contribution in [3.63, 3.8) is 0 Å². The lowest BCUT2D eigenvalue weighted by molar-refractivity contribution is 0.329. The molecule has 0 heterocycles. The van der Waals surface area contributed by atoms with Crippen molar-refractivity contribution in [2.75, 3.05) is 5.32 Å². The lowest BCUT2D eigenvalue weighted by atomic mass is 9.84. The Kier molecular flexibility index (Phi) is 4.91. The van der Waals surface area contributed by atoms with Crippen molar-refractivity contribution in [3.8, 4) is 0 Å². The first kappa shape index (κ1) is 15.2. The Balaban J connectivity index is 2.07. The van der Waals surface area contributed by atoms with Crippen molar-refractivity contribution in [1.82, 2.24) is 0 Å². The van der Waals surface area contributed by atoms with E-state index in [9.17, 15) is 8.78 Å². The average Bonchev–Trinajstić information content (AvgIpc) is 2.44. The van der Waals surface area contributed by atoms with Crippen molar-refractivity contribution in [3.05, 3.63) is 29.3 Å². The molecule has 3 N–H and O–H groups in total. The molecule has 1 aliphatic rings. The second kappa shape index (κ2) is 6.48. The van der Waals surface area contributed by atoms with Gasteiger partial charge in [0.2, 0.25) is 0 Å². The summed E-state index contributed by atoms with van der Waals surface area (Å²) in [5.41, 5.74) is 5.51. The molecule has 1 aromatic rings. The highest BCUT2D eigenvalue weighted by molar-refractivity contribution is 7.80. The third-order valence-corrected chi connectivity index (χ3v) is 4.35. The van der Waals surface area contributed by atoms with Crippen LogP contribution < -0.4 is 11.1 Å². The summed E-state index contributed by atoms with van der Waals surface area (Å²) < 4.78 is 27.8. The summed E-state index contributed by atoms with van der Waals surface area (Å²) in [4.78, 5) is -0.128. The average molecular weight is 298 g/mol. The quantitative estimate of drug-likeness (QED) is 0.826. The molecule has 1 fully saturated rings. The van der Waals surface area contributed by atoms with Crippen LogP contribution in [0, 0.1) is 17.6 Å². The van der Waals surface area contributed by atoms with Gasteiger partial charge in [-0.05, 0) is 43.7 Å². The molecule has 0 unspecified atom stereocenters. The molecule has 2 nitrogen and oxygen atoms in total. The molecule has 1 saturated carbocycles. The predicted molar refractivity (Wildman–Crippen MR) is 81.9 cm³/mol. The fourth-order valence-corrected chi connectivity index (χ4v) is 2.94. The van der Waals surface area contributed by atoms with Crippen LogP contribution in [0.2, 0.25) is 0 Å². The van der Waals surface area contributed by atoms with Gasteiger partial charge >= 0.3 is 0 Å². The maximum atomic E-state index is 14.0. The molecule has 0 saturated heterocycles. The summed E-state index contributed by atoms with van der Waals surface area (Å²) in [6.07, 6.45) is 5.47. The summed E-state index contributed by atoms with van der Waals surface area (Å²) >= 11 is 4.69. The van der Waals surface area contributed by atoms with E-state index in [0.717, 1.165) is 31.6 Å². The molecule has 0 amide bonds. The molecule has 0 radical (unpaired) electrons. The van der Waals surface area contributed by atoms with E-state index in [0.29, 0.717) is 0 Å². The van der Waals surface area contributed by atoms with E-state index in [1.54, 1.807) is 0 Å². The molecule has 20 heavy (non-hydrogen) atoms. The Morgan fingerprint density at radius 3 is 2.45 bits per heavy atom. The van der Waals surface area contributed by atoms with Gasteiger partial charge in [-0.2, -0.15) is 0 Å². The number of rotatable bonds is 4. The van der Waals surface area contributed by atoms with E-state index in [2.05, 4.69) is 12.2 Å². The van der Waals surface area contributed by atoms with Crippen LogP contribution in [0.1, 0.15) is 44.6 Å². The molecule has 0 spiro atoms. The van der Waals surface area contributed by atoms with Crippen LogP contribution in [0.5, 0.6) is 0 Å². The molecule has 110 valence electrons. The van der Waals surface area contributed by atoms with Crippen molar-refractivity contribution in [1.29, 1.82) is 0 Å². The number of nitrogens with one attached hydrogen (secondary N) is 1. The summed E-state index contributed by atoms with van der Waals surface area (Å²) in [5, 5.41) is 3.10. The van der Waals surface area contributed by atoms with E-state index in [1.165, 1.54) is 18.6 Å². The van der Waals surface area contributed by atoms with Crippen LogP contribution in [-0.2, 0) is 0 Å². The van der Waals surface area contributed by atoms with Crippen LogP contribution in [-0.4, -0.2) is 11.0 Å². The number of anilines is 1. The Morgan fingerprint density at radius 1 is 1.25 bits per heavy atom. The monoisotopic (exact) mass is 298 g/mol. The van der Waals surface area contributed by atoms with E-state index in [1.807, 2.05) is 0 Å². The van der Waals surface area contributed by atoms with Gasteiger partial charge in [-0.25, -0.2) is 8.78 Å². The number of benzene rings is 1. The van der Waals surface area contributed by atoms with Gasteiger partial charge in [0.25, 0.3) is 0 Å². The molecular weight excluding hydrogens is 278 g/mol. The standard InChI is InChI=1S/C15H20F2N2S/c1-2-9-3-5-10(6-4-9)19-12-8-7-11(15(18)20)13(16)14(12)17/h7-10,19H,2-6H2,1H3,(H2,18,20). The highest BCUT2D eigenvalue weighted by Gasteiger charge is 2.22. The topological polar surface area (TPSA) is 38.0 Å². The summed E-state index contributed by atoms with van der Waals surface area (Å²) in [5.74, 6) is -1.09. The zero-order valence-electron chi connectivity index (χ0n) is 11.6. The van der Waals surface area contributed by atoms with Crippen molar-refractivity contribution in [2.24, 2.45) is 11.7 Å². The van der Waals surface area contributed by atoms with Crippen LogP contribution in [0.4, 0.5) is 14.5 Å². The number of thiocarbonyl (C=S) groups is 1. The van der Waals surface area contributed by atoms with Gasteiger partial charge in [-0.3, -0.25) is 0 Å². The largest absolute Gasteiger partial charge is 0.389 e. The number of hydrogen-bond donors (Lipinski definition) is 2. The van der Waals surface area contributed by atoms with Gasteiger partial charge in [-0.15, -0.1) is 0 Å². The SMILES string of the molecule is CCC1CCC(Nc2ccc(C(N)=S)c(F)c2F)CC1. The highest BCUT2D eigenvalue weighted by Crippen LogP contribution is 2.30. The van der Waals surface area contributed by atoms with Gasteiger partial charge < -0.3 is 11.1 Å². The van der Waals surface area contributed by atoms with Crippen molar-refractivity contribution >= 4 is 22.9 Å². The highest BCUT2D eigenvalue weighted by atomic mass is 32.1. The number of nitrogens with two attached hydrogens (primary N) is 1. The van der Waals surface area contributed by atoms with Crippen molar-refractivity contribution in [2.45, 2.75) is 45.1 Å². The molecule has 0 aromatic heterocycles. The second-order valence-electron chi connectivity index (χ2n) is 5.42. The molecule has 1 aliphatic carbocycles. The molecule has 2 rings (SSSR count). The van der Waals surface area contributed by atoms with E-state index < -0.39 is 11.6 Å². The Bertz CT molecular complexity index is 497. The maximum Gasteiger partial charge on any atom is 0.182 e. The van der Waals surface area contributed by atoms with Crippen LogP contribution >= 0.6 is 12.2 Å². The van der Waals surface area contributed by atoms with E-state index in [-0.39, 0.29) is 22.3 Å². The van der Waals surface area contributed by atoms with Gasteiger partial charge in [-0.1, -0.05) is 25.6 Å². The van der Waals surface area contributed by atoms with Crippen LogP contribution in [0.3, 0.4) is 0 Å². The van der Waals surface area contributed by atoms with Gasteiger partial charge in [0.05, 0.1) is 5.69 Å². The summed E-state index contributed by atoms with van der Waals surface area (Å²) in [6, 6.07) is 3.15. The predicted octanol–water partition coefficient (Wildman–Crippen LogP) is 3.98. The fraction of sp³-hybridized carbons (Fsp3) is 0.533. The first-order chi connectivity index (χ1) is 9.52. The van der Waals surface area contributed by atoms with Crippen LogP contribution in [0.25, 0.3) is 0 Å². The smallest absolute Gasteiger partial charge is 0.182 e. The van der Waals surface area contributed by atoms with Crippen molar-refractivity contribution < 1.29 is 8.78 Å².